The van der Waals surface area contributed by atoms with Crippen molar-refractivity contribution in [2.24, 2.45) is 0 Å². The lowest BCUT2D eigenvalue weighted by Crippen LogP contribution is -2.23. The third-order valence-corrected chi connectivity index (χ3v) is 6.51. The van der Waals surface area contributed by atoms with Crippen molar-refractivity contribution in [1.29, 1.82) is 0 Å². The van der Waals surface area contributed by atoms with Crippen molar-refractivity contribution in [2.75, 3.05) is 0 Å². The van der Waals surface area contributed by atoms with Gasteiger partial charge in [-0.1, -0.05) is 36.7 Å². The smallest absolute Gasteiger partial charge is 0.185 e. The van der Waals surface area contributed by atoms with Crippen molar-refractivity contribution < 1.29 is 4.79 Å². The molecule has 4 aromatic rings. The minimum atomic E-state index is 0.0342. The van der Waals surface area contributed by atoms with E-state index < -0.39 is 0 Å². The largest absolute Gasteiger partial charge is 0.292 e. The summed E-state index contributed by atoms with van der Waals surface area (Å²) in [6.07, 6.45) is 1.95. The zero-order chi connectivity index (χ0) is 19.3. The summed E-state index contributed by atoms with van der Waals surface area (Å²) in [6, 6.07) is 11.8. The highest BCUT2D eigenvalue weighted by atomic mass is 35.5. The second kappa shape index (κ2) is 6.79. The number of thiophene rings is 1. The molecule has 0 radical (unpaired) electrons. The average Bonchev–Trinajstić information content (AvgIpc) is 3.35. The predicted octanol–water partition coefficient (Wildman–Crippen LogP) is 4.98. The Hall–Kier alpha value is -2.57. The standard InChI is InChI=1S/C21H17ClN4OS/c1-2-15-19(12-5-3-6-14(22)9-12)21-24-23-20-16(26(21)25-15)10-13(11-17(20)27)18-7-4-8-28-18/h3-9,13H,2,10-11H2,1H3/t13-/m1/s1. The molecule has 1 aliphatic rings. The second-order valence-corrected chi connectivity index (χ2v) is 8.38. The van der Waals surface area contributed by atoms with Crippen LogP contribution in [0.15, 0.2) is 41.8 Å². The van der Waals surface area contributed by atoms with Crippen molar-refractivity contribution in [2.45, 2.75) is 32.1 Å². The minimum Gasteiger partial charge on any atom is -0.292 e. The minimum absolute atomic E-state index is 0.0342. The molecule has 1 aromatic carbocycles. The van der Waals surface area contributed by atoms with Crippen molar-refractivity contribution >= 4 is 34.4 Å². The molecular weight excluding hydrogens is 392 g/mol. The average molecular weight is 409 g/mol. The van der Waals surface area contributed by atoms with Gasteiger partial charge in [-0.15, -0.1) is 21.5 Å². The molecule has 0 spiro atoms. The molecule has 0 saturated heterocycles. The van der Waals surface area contributed by atoms with Gasteiger partial charge >= 0.3 is 0 Å². The molecule has 7 heteroatoms. The van der Waals surface area contributed by atoms with Crippen molar-refractivity contribution in [3.63, 3.8) is 0 Å². The number of nitrogens with zero attached hydrogens (tertiary/aromatic N) is 4. The fraction of sp³-hybridized carbons (Fsp3) is 0.238. The van der Waals surface area contributed by atoms with Crippen molar-refractivity contribution in [1.82, 2.24) is 19.8 Å². The van der Waals surface area contributed by atoms with E-state index >= 15 is 0 Å². The monoisotopic (exact) mass is 408 g/mol. The molecule has 1 atom stereocenters. The van der Waals surface area contributed by atoms with Gasteiger partial charge in [-0.05, 0) is 35.6 Å². The number of carbonyl (C=O) groups excluding carboxylic acids is 1. The SMILES string of the molecule is CCc1nn2c3c(nnc2c1-c1cccc(Cl)c1)C(=O)C[C@H](c1cccs1)C3. The molecule has 0 bridgehead atoms. The molecule has 0 saturated carbocycles. The third kappa shape index (κ3) is 2.75. The number of aromatic nitrogens is 4. The van der Waals surface area contributed by atoms with E-state index in [-0.39, 0.29) is 11.7 Å². The maximum Gasteiger partial charge on any atom is 0.185 e. The van der Waals surface area contributed by atoms with E-state index in [9.17, 15) is 4.79 Å². The summed E-state index contributed by atoms with van der Waals surface area (Å²) in [5.74, 6) is 0.197. The number of hydrogen-bond acceptors (Lipinski definition) is 5. The quantitative estimate of drug-likeness (QED) is 0.479. The number of rotatable bonds is 3. The van der Waals surface area contributed by atoms with Gasteiger partial charge in [0.2, 0.25) is 0 Å². The van der Waals surface area contributed by atoms with E-state index in [1.807, 2.05) is 34.8 Å². The summed E-state index contributed by atoms with van der Waals surface area (Å²) >= 11 is 7.90. The Bertz CT molecular complexity index is 1200. The highest BCUT2D eigenvalue weighted by molar-refractivity contribution is 7.10. The highest BCUT2D eigenvalue weighted by Gasteiger charge is 2.32. The Labute approximate surface area is 171 Å². The van der Waals surface area contributed by atoms with Crippen LogP contribution in [0.25, 0.3) is 16.8 Å². The maximum atomic E-state index is 12.8. The topological polar surface area (TPSA) is 60.1 Å². The van der Waals surface area contributed by atoms with Crippen LogP contribution in [0.2, 0.25) is 5.02 Å². The van der Waals surface area contributed by atoms with E-state index in [1.165, 1.54) is 4.88 Å². The van der Waals surface area contributed by atoms with Crippen LogP contribution >= 0.6 is 22.9 Å². The summed E-state index contributed by atoms with van der Waals surface area (Å²) in [4.78, 5) is 14.0. The van der Waals surface area contributed by atoms with Gasteiger partial charge in [-0.3, -0.25) is 4.79 Å². The van der Waals surface area contributed by atoms with Crippen molar-refractivity contribution in [3.05, 3.63) is 68.8 Å². The molecule has 5 rings (SSSR count). The van der Waals surface area contributed by atoms with Crippen LogP contribution in [0.4, 0.5) is 0 Å². The molecule has 140 valence electrons. The van der Waals surface area contributed by atoms with Crippen LogP contribution in [0, 0.1) is 0 Å². The van der Waals surface area contributed by atoms with Gasteiger partial charge in [-0.2, -0.15) is 5.10 Å². The molecule has 28 heavy (non-hydrogen) atoms. The van der Waals surface area contributed by atoms with Crippen LogP contribution in [0.5, 0.6) is 0 Å². The van der Waals surface area contributed by atoms with Crippen molar-refractivity contribution in [3.8, 4) is 11.1 Å². The number of Topliss-reactive ketones (excluding diaryl/α,β-unsaturated/α-hetero) is 1. The number of carbonyl (C=O) groups is 1. The van der Waals surface area contributed by atoms with Gasteiger partial charge in [-0.25, -0.2) is 4.52 Å². The number of ketones is 1. The normalized spacial score (nSPS) is 16.5. The first-order valence-corrected chi connectivity index (χ1v) is 10.5. The number of halogens is 1. The summed E-state index contributed by atoms with van der Waals surface area (Å²) in [6.45, 7) is 2.06. The molecule has 5 nitrogen and oxygen atoms in total. The Morgan fingerprint density at radius 1 is 1.21 bits per heavy atom. The molecule has 3 aromatic heterocycles. The first-order valence-electron chi connectivity index (χ1n) is 9.25. The number of benzene rings is 1. The van der Waals surface area contributed by atoms with E-state index in [2.05, 4.69) is 28.6 Å². The zero-order valence-corrected chi connectivity index (χ0v) is 16.8. The van der Waals surface area contributed by atoms with Gasteiger partial charge in [0.25, 0.3) is 0 Å². The van der Waals surface area contributed by atoms with Crippen LogP contribution in [0.3, 0.4) is 0 Å². The fourth-order valence-electron chi connectivity index (χ4n) is 3.93. The van der Waals surface area contributed by atoms with Crippen LogP contribution < -0.4 is 0 Å². The van der Waals surface area contributed by atoms with Crippen LogP contribution in [0.1, 0.15) is 46.0 Å². The summed E-state index contributed by atoms with van der Waals surface area (Å²) < 4.78 is 1.83. The maximum absolute atomic E-state index is 12.8. The van der Waals surface area contributed by atoms with Gasteiger partial charge in [0.15, 0.2) is 17.1 Å². The summed E-state index contributed by atoms with van der Waals surface area (Å²) in [5, 5.41) is 16.2. The molecule has 1 aliphatic carbocycles. The Kier molecular flexibility index (Phi) is 4.25. The fourth-order valence-corrected chi connectivity index (χ4v) is 4.95. The lowest BCUT2D eigenvalue weighted by atomic mass is 9.87. The number of aryl methyl sites for hydroxylation is 1. The summed E-state index contributed by atoms with van der Waals surface area (Å²) in [7, 11) is 0. The van der Waals surface area contributed by atoms with Gasteiger partial charge < -0.3 is 0 Å². The number of fused-ring (bicyclic) bond motifs is 3. The van der Waals surface area contributed by atoms with E-state index in [0.717, 1.165) is 35.4 Å². The third-order valence-electron chi connectivity index (χ3n) is 5.24. The molecule has 0 aliphatic heterocycles. The first kappa shape index (κ1) is 17.5. The van der Waals surface area contributed by atoms with E-state index in [0.29, 0.717) is 22.8 Å². The molecule has 0 N–H and O–H groups in total. The summed E-state index contributed by atoms with van der Waals surface area (Å²) in [5.41, 5.74) is 4.80. The molecule has 3 heterocycles. The first-order chi connectivity index (χ1) is 13.7. The number of hydrogen-bond donors (Lipinski definition) is 0. The molecule has 0 fully saturated rings. The highest BCUT2D eigenvalue weighted by Crippen LogP contribution is 2.36. The second-order valence-electron chi connectivity index (χ2n) is 6.96. The molecule has 0 amide bonds. The lowest BCUT2D eigenvalue weighted by Gasteiger charge is -2.21. The Morgan fingerprint density at radius 2 is 2.11 bits per heavy atom. The van der Waals surface area contributed by atoms with Crippen LogP contribution in [-0.4, -0.2) is 25.6 Å². The van der Waals surface area contributed by atoms with Gasteiger partial charge in [0, 0.05) is 28.7 Å². The molecular formula is C21H17ClN4OS. The molecule has 0 unspecified atom stereocenters. The van der Waals surface area contributed by atoms with Gasteiger partial charge in [0.1, 0.15) is 0 Å². The van der Waals surface area contributed by atoms with E-state index in [1.54, 1.807) is 11.3 Å². The zero-order valence-electron chi connectivity index (χ0n) is 15.2. The van der Waals surface area contributed by atoms with E-state index in [4.69, 9.17) is 16.7 Å². The predicted molar refractivity (Wildman–Crippen MR) is 110 cm³/mol. The van der Waals surface area contributed by atoms with Crippen LogP contribution in [-0.2, 0) is 12.8 Å². The Balaban J connectivity index is 1.72. The van der Waals surface area contributed by atoms with Gasteiger partial charge in [0.05, 0.1) is 17.0 Å². The lowest BCUT2D eigenvalue weighted by molar-refractivity contribution is 0.0956. The Morgan fingerprint density at radius 3 is 2.86 bits per heavy atom.